The Morgan fingerprint density at radius 2 is 1.33 bits per heavy atom. The molecule has 0 aliphatic carbocycles. The summed E-state index contributed by atoms with van der Waals surface area (Å²) in [4.78, 5) is 0. The average Bonchev–Trinajstić information content (AvgIpc) is 2.40. The van der Waals surface area contributed by atoms with Crippen LogP contribution in [0.3, 0.4) is 0 Å². The highest BCUT2D eigenvalue weighted by molar-refractivity contribution is 5.27. The third kappa shape index (κ3) is 4.91. The molecule has 0 saturated heterocycles. The predicted octanol–water partition coefficient (Wildman–Crippen LogP) is 3.91. The molecule has 0 fully saturated rings. The Labute approximate surface area is 109 Å². The smallest absolute Gasteiger partial charge is 0.115 e. The number of hydrogen-bond acceptors (Lipinski definition) is 2. The molecule has 0 aliphatic heterocycles. The second-order valence-corrected chi connectivity index (χ2v) is 4.04. The fourth-order valence-corrected chi connectivity index (χ4v) is 1.51. The molecule has 0 radical (unpaired) electrons. The molecule has 2 aromatic carbocycles. The second kappa shape index (κ2) is 7.38. The summed E-state index contributed by atoms with van der Waals surface area (Å²) in [5.41, 5.74) is 2.43. The van der Waals surface area contributed by atoms with Gasteiger partial charge in [-0.25, -0.2) is 0 Å². The molecule has 96 valence electrons. The van der Waals surface area contributed by atoms with Crippen LogP contribution >= 0.6 is 0 Å². The molecule has 0 bridgehead atoms. The van der Waals surface area contributed by atoms with Crippen molar-refractivity contribution in [1.29, 1.82) is 0 Å². The molecule has 0 aliphatic rings. The van der Waals surface area contributed by atoms with Crippen LogP contribution in [-0.4, -0.2) is 10.2 Å². The Kier molecular flexibility index (Phi) is 5.78. The number of phenolic OH excluding ortho intramolecular Hbond substituents is 2. The van der Waals surface area contributed by atoms with E-state index >= 15 is 0 Å². The van der Waals surface area contributed by atoms with E-state index in [0.29, 0.717) is 11.5 Å². The predicted molar refractivity (Wildman–Crippen MR) is 75.0 cm³/mol. The first-order valence-electron chi connectivity index (χ1n) is 6.21. The fourth-order valence-electron chi connectivity index (χ4n) is 1.51. The summed E-state index contributed by atoms with van der Waals surface area (Å²) in [6.45, 7) is 4.15. The minimum Gasteiger partial charge on any atom is -0.508 e. The maximum atomic E-state index is 8.94. The van der Waals surface area contributed by atoms with Crippen LogP contribution < -0.4 is 0 Å². The van der Waals surface area contributed by atoms with E-state index in [1.54, 1.807) is 24.3 Å². The molecule has 2 heteroatoms. The van der Waals surface area contributed by atoms with Crippen molar-refractivity contribution < 1.29 is 10.2 Å². The molecule has 0 aromatic heterocycles. The number of hydrogen-bond donors (Lipinski definition) is 2. The van der Waals surface area contributed by atoms with Crippen LogP contribution in [0.2, 0.25) is 0 Å². The van der Waals surface area contributed by atoms with Crippen LogP contribution in [0.5, 0.6) is 11.5 Å². The van der Waals surface area contributed by atoms with Crippen molar-refractivity contribution in [1.82, 2.24) is 0 Å². The Bertz CT molecular complexity index is 461. The highest BCUT2D eigenvalue weighted by Crippen LogP contribution is 2.10. The number of rotatable bonds is 2. The number of aryl methyl sites for hydroxylation is 2. The molecular weight excluding hydrogens is 224 g/mol. The van der Waals surface area contributed by atoms with Crippen LogP contribution in [0.1, 0.15) is 25.0 Å². The number of phenols is 2. The molecule has 0 spiro atoms. The van der Waals surface area contributed by atoms with Crippen LogP contribution in [0.25, 0.3) is 0 Å². The zero-order valence-electron chi connectivity index (χ0n) is 10.9. The summed E-state index contributed by atoms with van der Waals surface area (Å²) < 4.78 is 0. The van der Waals surface area contributed by atoms with Gasteiger partial charge in [0.1, 0.15) is 11.5 Å². The lowest BCUT2D eigenvalue weighted by Crippen LogP contribution is -1.75. The monoisotopic (exact) mass is 244 g/mol. The van der Waals surface area contributed by atoms with Gasteiger partial charge in [-0.3, -0.25) is 0 Å². The van der Waals surface area contributed by atoms with Gasteiger partial charge in [0.25, 0.3) is 0 Å². The number of aromatic hydroxyl groups is 2. The third-order valence-electron chi connectivity index (χ3n) is 2.66. The van der Waals surface area contributed by atoms with Crippen LogP contribution in [-0.2, 0) is 12.8 Å². The van der Waals surface area contributed by atoms with Gasteiger partial charge in [-0.1, -0.05) is 38.1 Å². The molecule has 2 aromatic rings. The van der Waals surface area contributed by atoms with E-state index in [1.807, 2.05) is 24.3 Å². The first-order valence-corrected chi connectivity index (χ1v) is 6.21. The first kappa shape index (κ1) is 14.1. The summed E-state index contributed by atoms with van der Waals surface area (Å²) in [6, 6.07) is 14.6. The van der Waals surface area contributed by atoms with Gasteiger partial charge in [0.05, 0.1) is 0 Å². The molecule has 2 nitrogen and oxygen atoms in total. The van der Waals surface area contributed by atoms with E-state index in [4.69, 9.17) is 10.2 Å². The van der Waals surface area contributed by atoms with Gasteiger partial charge >= 0.3 is 0 Å². The molecule has 18 heavy (non-hydrogen) atoms. The Morgan fingerprint density at radius 1 is 0.722 bits per heavy atom. The van der Waals surface area contributed by atoms with E-state index < -0.39 is 0 Å². The van der Waals surface area contributed by atoms with Crippen molar-refractivity contribution in [3.63, 3.8) is 0 Å². The maximum absolute atomic E-state index is 8.94. The summed E-state index contributed by atoms with van der Waals surface area (Å²) in [5, 5.41) is 17.8. The van der Waals surface area contributed by atoms with Gasteiger partial charge in [0.2, 0.25) is 0 Å². The van der Waals surface area contributed by atoms with Gasteiger partial charge in [0.15, 0.2) is 0 Å². The van der Waals surface area contributed by atoms with Crippen LogP contribution in [0.15, 0.2) is 48.5 Å². The third-order valence-corrected chi connectivity index (χ3v) is 2.66. The highest BCUT2D eigenvalue weighted by Gasteiger charge is 1.88. The van der Waals surface area contributed by atoms with Crippen molar-refractivity contribution in [2.45, 2.75) is 26.7 Å². The molecule has 0 unspecified atom stereocenters. The quantitative estimate of drug-likeness (QED) is 0.840. The minimum absolute atomic E-state index is 0.340. The van der Waals surface area contributed by atoms with Crippen molar-refractivity contribution in [2.75, 3.05) is 0 Å². The van der Waals surface area contributed by atoms with Crippen molar-refractivity contribution >= 4 is 0 Å². The molecule has 2 N–H and O–H groups in total. The minimum atomic E-state index is 0.340. The molecule has 0 atom stereocenters. The normalized spacial score (nSPS) is 9.44. The lowest BCUT2D eigenvalue weighted by atomic mass is 10.2. The van der Waals surface area contributed by atoms with E-state index in [1.165, 1.54) is 11.1 Å². The van der Waals surface area contributed by atoms with Gasteiger partial charge in [-0.15, -0.1) is 0 Å². The fraction of sp³-hybridized carbons (Fsp3) is 0.250. The molecule has 0 amide bonds. The van der Waals surface area contributed by atoms with Gasteiger partial charge in [-0.2, -0.15) is 0 Å². The maximum Gasteiger partial charge on any atom is 0.115 e. The number of benzene rings is 2. The van der Waals surface area contributed by atoms with E-state index in [9.17, 15) is 0 Å². The average molecular weight is 244 g/mol. The van der Waals surface area contributed by atoms with E-state index in [0.717, 1.165) is 12.8 Å². The molecular formula is C16H20O2. The lowest BCUT2D eigenvalue weighted by Gasteiger charge is -1.94. The zero-order chi connectivity index (χ0) is 13.4. The first-order chi connectivity index (χ1) is 8.65. The van der Waals surface area contributed by atoms with Crippen molar-refractivity contribution in [3.8, 4) is 11.5 Å². The zero-order valence-corrected chi connectivity index (χ0v) is 10.9. The Hall–Kier alpha value is -1.96. The molecule has 2 rings (SSSR count). The Morgan fingerprint density at radius 3 is 1.78 bits per heavy atom. The lowest BCUT2D eigenvalue weighted by molar-refractivity contribution is 0.474. The molecule has 0 saturated carbocycles. The second-order valence-electron chi connectivity index (χ2n) is 4.04. The highest BCUT2D eigenvalue weighted by atomic mass is 16.3. The summed E-state index contributed by atoms with van der Waals surface area (Å²) in [6.07, 6.45) is 2.01. The topological polar surface area (TPSA) is 40.5 Å². The van der Waals surface area contributed by atoms with Crippen LogP contribution in [0.4, 0.5) is 0 Å². The SMILES string of the molecule is CCc1ccc(O)cc1.CCc1cccc(O)c1. The van der Waals surface area contributed by atoms with Crippen molar-refractivity contribution in [3.05, 3.63) is 59.7 Å². The van der Waals surface area contributed by atoms with Gasteiger partial charge < -0.3 is 10.2 Å². The Balaban J connectivity index is 0.000000180. The van der Waals surface area contributed by atoms with Crippen LogP contribution in [0, 0.1) is 0 Å². The van der Waals surface area contributed by atoms with Gasteiger partial charge in [0, 0.05) is 0 Å². The molecule has 0 heterocycles. The standard InChI is InChI=1S/2C8H10O/c1-2-7-3-5-8(9)6-4-7;1-2-7-4-3-5-8(9)6-7/h2*3-6,9H,2H2,1H3. The summed E-state index contributed by atoms with van der Waals surface area (Å²) in [5.74, 6) is 0.696. The summed E-state index contributed by atoms with van der Waals surface area (Å²) in [7, 11) is 0. The summed E-state index contributed by atoms with van der Waals surface area (Å²) >= 11 is 0. The largest absolute Gasteiger partial charge is 0.508 e. The van der Waals surface area contributed by atoms with E-state index in [2.05, 4.69) is 13.8 Å². The van der Waals surface area contributed by atoms with Gasteiger partial charge in [-0.05, 0) is 48.2 Å². The van der Waals surface area contributed by atoms with Crippen molar-refractivity contribution in [2.24, 2.45) is 0 Å². The van der Waals surface area contributed by atoms with E-state index in [-0.39, 0.29) is 0 Å².